The van der Waals surface area contributed by atoms with E-state index in [2.05, 4.69) is 60.7 Å². The van der Waals surface area contributed by atoms with Gasteiger partial charge in [0.1, 0.15) is 0 Å². The highest BCUT2D eigenvalue weighted by molar-refractivity contribution is 5.74. The van der Waals surface area contributed by atoms with Crippen molar-refractivity contribution in [1.82, 2.24) is 0 Å². The number of fused-ring (bicyclic) bond motifs is 2. The number of allylic oxidation sites excluding steroid dienone is 5. The smallest absolute Gasteiger partial charge is 0.00880 e. The molecule has 1 aromatic carbocycles. The van der Waals surface area contributed by atoms with Gasteiger partial charge in [-0.1, -0.05) is 54.7 Å². The van der Waals surface area contributed by atoms with Crippen LogP contribution in [0.3, 0.4) is 0 Å². The van der Waals surface area contributed by atoms with Crippen LogP contribution < -0.4 is 0 Å². The SMILES string of the molecule is C1=Cc2cc3c(cc2/C=C\C=C/1)CC=C3. The first-order chi connectivity index (χ1) is 7.43. The molecule has 72 valence electrons. The Morgan fingerprint density at radius 2 is 1.40 bits per heavy atom. The van der Waals surface area contributed by atoms with Crippen molar-refractivity contribution >= 4 is 18.2 Å². The predicted molar refractivity (Wildman–Crippen MR) is 66.4 cm³/mol. The first kappa shape index (κ1) is 8.49. The minimum atomic E-state index is 1.08. The van der Waals surface area contributed by atoms with Gasteiger partial charge in [-0.25, -0.2) is 0 Å². The summed E-state index contributed by atoms with van der Waals surface area (Å²) in [4.78, 5) is 0. The number of hydrogen-bond donors (Lipinski definition) is 0. The lowest BCUT2D eigenvalue weighted by molar-refractivity contribution is 1.30. The van der Waals surface area contributed by atoms with Gasteiger partial charge in [0, 0.05) is 0 Å². The van der Waals surface area contributed by atoms with Crippen molar-refractivity contribution in [2.75, 3.05) is 0 Å². The van der Waals surface area contributed by atoms with Crippen LogP contribution in [0.25, 0.3) is 18.2 Å². The molecule has 0 radical (unpaired) electrons. The highest BCUT2D eigenvalue weighted by atomic mass is 14.1. The Kier molecular flexibility index (Phi) is 1.92. The zero-order valence-corrected chi connectivity index (χ0v) is 8.48. The summed E-state index contributed by atoms with van der Waals surface area (Å²) in [6, 6.07) is 4.57. The summed E-state index contributed by atoms with van der Waals surface area (Å²) in [5.74, 6) is 0. The van der Waals surface area contributed by atoms with Gasteiger partial charge in [0.15, 0.2) is 0 Å². The molecule has 2 aliphatic rings. The van der Waals surface area contributed by atoms with E-state index in [0.29, 0.717) is 0 Å². The molecule has 0 aromatic heterocycles. The van der Waals surface area contributed by atoms with Crippen molar-refractivity contribution in [2.45, 2.75) is 6.42 Å². The summed E-state index contributed by atoms with van der Waals surface area (Å²) in [6.07, 6.45) is 18.2. The fraction of sp³-hybridized carbons (Fsp3) is 0.0667. The third-order valence-electron chi connectivity index (χ3n) is 2.86. The molecule has 0 aliphatic heterocycles. The lowest BCUT2D eigenvalue weighted by Crippen LogP contribution is -1.88. The maximum Gasteiger partial charge on any atom is -0.00880 e. The monoisotopic (exact) mass is 192 g/mol. The molecule has 15 heavy (non-hydrogen) atoms. The Balaban J connectivity index is 2.20. The number of rotatable bonds is 0. The standard InChI is InChI=1S/C15H12/c1-2-4-7-13-11-15-9-5-8-14(15)10-12(13)6-3-1/h1-8,10-11H,9H2/b2-1-,3-1?,4-2?,6-3?,7-4-,12-6?,13-7?. The Morgan fingerprint density at radius 1 is 0.667 bits per heavy atom. The first-order valence-electron chi connectivity index (χ1n) is 5.28. The van der Waals surface area contributed by atoms with E-state index in [-0.39, 0.29) is 0 Å². The van der Waals surface area contributed by atoms with Crippen LogP contribution in [0.5, 0.6) is 0 Å². The van der Waals surface area contributed by atoms with E-state index in [1.54, 1.807) is 0 Å². The summed E-state index contributed by atoms with van der Waals surface area (Å²) in [5.41, 5.74) is 5.44. The minimum Gasteiger partial charge on any atom is -0.0795 e. The lowest BCUT2D eigenvalue weighted by Gasteiger charge is -2.07. The second-order valence-electron chi connectivity index (χ2n) is 3.89. The van der Waals surface area contributed by atoms with Crippen LogP contribution in [0.1, 0.15) is 22.3 Å². The Labute approximate surface area is 89.9 Å². The average molecular weight is 192 g/mol. The highest BCUT2D eigenvalue weighted by Gasteiger charge is 2.08. The van der Waals surface area contributed by atoms with Gasteiger partial charge in [-0.2, -0.15) is 0 Å². The molecular weight excluding hydrogens is 180 g/mol. The van der Waals surface area contributed by atoms with Crippen molar-refractivity contribution in [1.29, 1.82) is 0 Å². The van der Waals surface area contributed by atoms with Crippen LogP contribution in [0.15, 0.2) is 42.5 Å². The molecule has 2 aliphatic carbocycles. The van der Waals surface area contributed by atoms with E-state index in [1.807, 2.05) is 0 Å². The molecule has 0 spiro atoms. The van der Waals surface area contributed by atoms with E-state index in [0.717, 1.165) is 6.42 Å². The molecule has 0 heteroatoms. The van der Waals surface area contributed by atoms with E-state index in [9.17, 15) is 0 Å². The van der Waals surface area contributed by atoms with Crippen molar-refractivity contribution in [3.05, 3.63) is 64.8 Å². The third kappa shape index (κ3) is 1.48. The number of benzene rings is 1. The molecule has 0 N–H and O–H groups in total. The van der Waals surface area contributed by atoms with E-state index in [4.69, 9.17) is 0 Å². The van der Waals surface area contributed by atoms with E-state index >= 15 is 0 Å². The van der Waals surface area contributed by atoms with Crippen molar-refractivity contribution < 1.29 is 0 Å². The van der Waals surface area contributed by atoms with Gasteiger partial charge >= 0.3 is 0 Å². The summed E-state index contributed by atoms with van der Waals surface area (Å²) >= 11 is 0. The van der Waals surface area contributed by atoms with Gasteiger partial charge < -0.3 is 0 Å². The first-order valence-corrected chi connectivity index (χ1v) is 5.28. The van der Waals surface area contributed by atoms with Crippen LogP contribution in [0.2, 0.25) is 0 Å². The molecule has 0 unspecified atom stereocenters. The van der Waals surface area contributed by atoms with Crippen molar-refractivity contribution in [2.24, 2.45) is 0 Å². The summed E-state index contributed by atoms with van der Waals surface area (Å²) in [6.45, 7) is 0. The zero-order chi connectivity index (χ0) is 10.1. The van der Waals surface area contributed by atoms with Crippen molar-refractivity contribution in [3.8, 4) is 0 Å². The van der Waals surface area contributed by atoms with Gasteiger partial charge in [0.2, 0.25) is 0 Å². The maximum atomic E-state index is 2.30. The fourth-order valence-electron chi connectivity index (χ4n) is 2.08. The van der Waals surface area contributed by atoms with Gasteiger partial charge in [0.25, 0.3) is 0 Å². The Morgan fingerprint density at radius 3 is 2.20 bits per heavy atom. The molecular formula is C15H12. The third-order valence-corrected chi connectivity index (χ3v) is 2.86. The molecule has 0 nitrogen and oxygen atoms in total. The minimum absolute atomic E-state index is 1.08. The molecule has 0 atom stereocenters. The molecule has 0 saturated heterocycles. The number of hydrogen-bond acceptors (Lipinski definition) is 0. The van der Waals surface area contributed by atoms with Crippen LogP contribution >= 0.6 is 0 Å². The summed E-state index contributed by atoms with van der Waals surface area (Å²) in [5, 5.41) is 0. The molecule has 0 saturated carbocycles. The fourth-order valence-corrected chi connectivity index (χ4v) is 2.08. The highest BCUT2D eigenvalue weighted by Crippen LogP contribution is 2.26. The van der Waals surface area contributed by atoms with Gasteiger partial charge in [-0.3, -0.25) is 0 Å². The second-order valence-corrected chi connectivity index (χ2v) is 3.89. The summed E-state index contributed by atoms with van der Waals surface area (Å²) < 4.78 is 0. The lowest BCUT2D eigenvalue weighted by atomic mass is 9.98. The van der Waals surface area contributed by atoms with Gasteiger partial charge in [-0.15, -0.1) is 0 Å². The van der Waals surface area contributed by atoms with E-state index in [1.165, 1.54) is 22.3 Å². The molecule has 0 fully saturated rings. The van der Waals surface area contributed by atoms with Crippen LogP contribution in [-0.2, 0) is 6.42 Å². The topological polar surface area (TPSA) is 0 Å². The average Bonchev–Trinajstić information content (AvgIpc) is 2.64. The predicted octanol–water partition coefficient (Wildman–Crippen LogP) is 3.85. The molecule has 3 rings (SSSR count). The largest absolute Gasteiger partial charge is 0.0795 e. The molecule has 1 aromatic rings. The van der Waals surface area contributed by atoms with Crippen molar-refractivity contribution in [3.63, 3.8) is 0 Å². The van der Waals surface area contributed by atoms with E-state index < -0.39 is 0 Å². The van der Waals surface area contributed by atoms with Gasteiger partial charge in [0.05, 0.1) is 0 Å². The zero-order valence-electron chi connectivity index (χ0n) is 8.48. The Hall–Kier alpha value is -1.82. The molecule has 0 heterocycles. The quantitative estimate of drug-likeness (QED) is 0.585. The summed E-state index contributed by atoms with van der Waals surface area (Å²) in [7, 11) is 0. The van der Waals surface area contributed by atoms with Crippen LogP contribution in [0.4, 0.5) is 0 Å². The van der Waals surface area contributed by atoms with Crippen LogP contribution in [0, 0.1) is 0 Å². The Bertz CT molecular complexity index is 511. The van der Waals surface area contributed by atoms with Gasteiger partial charge in [-0.05, 0) is 34.7 Å². The van der Waals surface area contributed by atoms with Crippen LogP contribution in [-0.4, -0.2) is 0 Å². The normalized spacial score (nSPS) is 20.3. The second kappa shape index (κ2) is 3.39. The molecule has 0 amide bonds. The molecule has 0 bridgehead atoms. The maximum absolute atomic E-state index is 2.30.